The first kappa shape index (κ1) is 15.4. The Hall–Kier alpha value is -1.52. The predicted molar refractivity (Wildman–Crippen MR) is 88.6 cm³/mol. The lowest BCUT2D eigenvalue weighted by atomic mass is 10.0. The maximum Gasteiger partial charge on any atom is 0.340 e. The van der Waals surface area contributed by atoms with E-state index in [1.54, 1.807) is 6.20 Å². The van der Waals surface area contributed by atoms with Gasteiger partial charge in [-0.05, 0) is 26.0 Å². The number of carbonyl (C=O) groups is 1. The number of fused-ring (bicyclic) bond motifs is 3. The lowest BCUT2D eigenvalue weighted by Crippen LogP contribution is -2.43. The summed E-state index contributed by atoms with van der Waals surface area (Å²) in [5.74, 6) is -0.193. The number of esters is 1. The normalized spacial score (nSPS) is 27.6. The molecule has 1 aromatic heterocycles. The van der Waals surface area contributed by atoms with Crippen LogP contribution < -0.4 is 0 Å². The van der Waals surface area contributed by atoms with Crippen LogP contribution in [-0.4, -0.2) is 41.1 Å². The van der Waals surface area contributed by atoms with Crippen LogP contribution >= 0.6 is 12.4 Å². The molecule has 0 spiro atoms. The van der Waals surface area contributed by atoms with E-state index in [0.29, 0.717) is 17.6 Å². The van der Waals surface area contributed by atoms with Gasteiger partial charge >= 0.3 is 5.97 Å². The number of halogens is 1. The van der Waals surface area contributed by atoms with Gasteiger partial charge in [0.1, 0.15) is 6.10 Å². The van der Waals surface area contributed by atoms with Crippen LogP contribution in [0.5, 0.6) is 0 Å². The number of rotatable bonds is 2. The van der Waals surface area contributed by atoms with Crippen molar-refractivity contribution >= 4 is 29.3 Å². The Morgan fingerprint density at radius 2 is 1.91 bits per heavy atom. The largest absolute Gasteiger partial charge is 0.459 e. The second-order valence-corrected chi connectivity index (χ2v) is 6.30. The highest BCUT2D eigenvalue weighted by Gasteiger charge is 2.40. The van der Waals surface area contributed by atoms with Gasteiger partial charge in [0.05, 0.1) is 5.56 Å². The monoisotopic (exact) mass is 320 g/mol. The van der Waals surface area contributed by atoms with Crippen molar-refractivity contribution in [3.05, 3.63) is 36.0 Å². The van der Waals surface area contributed by atoms with E-state index >= 15 is 0 Å². The van der Waals surface area contributed by atoms with Gasteiger partial charge in [-0.1, -0.05) is 18.2 Å². The summed E-state index contributed by atoms with van der Waals surface area (Å²) in [4.78, 5) is 18.0. The van der Waals surface area contributed by atoms with Crippen LogP contribution in [0, 0.1) is 0 Å². The number of benzene rings is 1. The third-order valence-electron chi connectivity index (χ3n) is 5.14. The van der Waals surface area contributed by atoms with Crippen LogP contribution in [0.25, 0.3) is 10.9 Å². The lowest BCUT2D eigenvalue weighted by Gasteiger charge is -2.35. The average molecular weight is 321 g/mol. The number of piperidine rings is 1. The molecule has 2 fully saturated rings. The zero-order valence-electron chi connectivity index (χ0n) is 12.6. The Kier molecular flexibility index (Phi) is 4.15. The van der Waals surface area contributed by atoms with Gasteiger partial charge in [-0.25, -0.2) is 4.79 Å². The molecule has 2 aromatic rings. The molecule has 3 heterocycles. The number of hydrogen-bond acceptors (Lipinski definition) is 3. The number of nitrogens with one attached hydrogen (secondary N) is 1. The van der Waals surface area contributed by atoms with E-state index < -0.39 is 0 Å². The molecule has 2 saturated heterocycles. The second-order valence-electron chi connectivity index (χ2n) is 6.30. The van der Waals surface area contributed by atoms with Crippen molar-refractivity contribution in [3.8, 4) is 0 Å². The summed E-state index contributed by atoms with van der Waals surface area (Å²) in [5, 5.41) is 0.943. The summed E-state index contributed by atoms with van der Waals surface area (Å²) in [6.45, 7) is 0. The van der Waals surface area contributed by atoms with Gasteiger partial charge in [-0.2, -0.15) is 0 Å². The van der Waals surface area contributed by atoms with Gasteiger partial charge in [0.2, 0.25) is 0 Å². The van der Waals surface area contributed by atoms with Gasteiger partial charge in [0.25, 0.3) is 0 Å². The van der Waals surface area contributed by atoms with E-state index in [1.165, 1.54) is 12.8 Å². The molecule has 4 nitrogen and oxygen atoms in total. The Morgan fingerprint density at radius 1 is 1.23 bits per heavy atom. The van der Waals surface area contributed by atoms with E-state index in [4.69, 9.17) is 4.74 Å². The summed E-state index contributed by atoms with van der Waals surface area (Å²) in [6, 6.07) is 9.02. The van der Waals surface area contributed by atoms with E-state index in [0.717, 1.165) is 23.7 Å². The number of carbonyl (C=O) groups excluding carboxylic acids is 1. The number of hydrogen-bond donors (Lipinski definition) is 1. The number of H-pyrrole nitrogens is 1. The molecule has 0 saturated carbocycles. The molecule has 0 radical (unpaired) electrons. The first-order valence-corrected chi connectivity index (χ1v) is 7.71. The molecule has 2 bridgehead atoms. The van der Waals surface area contributed by atoms with Crippen molar-refractivity contribution < 1.29 is 9.53 Å². The molecule has 1 aromatic carbocycles. The van der Waals surface area contributed by atoms with Crippen molar-refractivity contribution in [1.82, 2.24) is 9.88 Å². The van der Waals surface area contributed by atoms with Crippen LogP contribution in [-0.2, 0) is 4.74 Å². The maximum atomic E-state index is 12.4. The van der Waals surface area contributed by atoms with Crippen LogP contribution in [0.15, 0.2) is 30.5 Å². The van der Waals surface area contributed by atoms with Crippen molar-refractivity contribution in [3.63, 3.8) is 0 Å². The van der Waals surface area contributed by atoms with Crippen molar-refractivity contribution in [2.45, 2.75) is 43.9 Å². The number of ether oxygens (including phenoxy) is 1. The number of aromatic nitrogens is 1. The van der Waals surface area contributed by atoms with Crippen LogP contribution in [0.1, 0.15) is 36.0 Å². The first-order valence-electron chi connectivity index (χ1n) is 7.71. The Balaban J connectivity index is 0.00000144. The highest BCUT2D eigenvalue weighted by atomic mass is 35.5. The highest BCUT2D eigenvalue weighted by Crippen LogP contribution is 2.35. The maximum absolute atomic E-state index is 12.4. The van der Waals surface area contributed by atoms with E-state index in [-0.39, 0.29) is 24.5 Å². The minimum absolute atomic E-state index is 0. The highest BCUT2D eigenvalue weighted by molar-refractivity contribution is 6.04. The summed E-state index contributed by atoms with van der Waals surface area (Å²) in [6.07, 6.45) is 6.25. The fourth-order valence-electron chi connectivity index (χ4n) is 3.91. The van der Waals surface area contributed by atoms with Crippen LogP contribution in [0.3, 0.4) is 0 Å². The molecule has 0 amide bonds. The van der Waals surface area contributed by atoms with Crippen molar-refractivity contribution in [2.75, 3.05) is 7.05 Å². The molecule has 1 N–H and O–H groups in total. The molecule has 0 aliphatic carbocycles. The molecule has 3 atom stereocenters. The molecule has 2 aliphatic rings. The SMILES string of the molecule is CN1[C@@H]2CC[C@H]1C[C@@H](OC(=O)c1c[nH]c3ccccc13)C2.Cl. The molecular formula is C17H21ClN2O2. The van der Waals surface area contributed by atoms with Crippen LogP contribution in [0.2, 0.25) is 0 Å². The van der Waals surface area contributed by atoms with Gasteiger partial charge in [-0.15, -0.1) is 12.4 Å². The Labute approximate surface area is 136 Å². The Bertz CT molecular complexity index is 670. The standard InChI is InChI=1S/C17H20N2O2.ClH/c1-19-11-6-7-12(19)9-13(8-11)21-17(20)15-10-18-16-5-3-2-4-14(15)16;/h2-5,10-13,18H,6-9H2,1H3;1H/t11-,12+,13+;. The van der Waals surface area contributed by atoms with E-state index in [1.807, 2.05) is 24.3 Å². The lowest BCUT2D eigenvalue weighted by molar-refractivity contribution is -0.000258. The molecule has 2 aliphatic heterocycles. The number of aromatic amines is 1. The fraction of sp³-hybridized carbons (Fsp3) is 0.471. The van der Waals surface area contributed by atoms with Crippen molar-refractivity contribution in [1.29, 1.82) is 0 Å². The third kappa shape index (κ3) is 2.50. The number of nitrogens with zero attached hydrogens (tertiary/aromatic N) is 1. The summed E-state index contributed by atoms with van der Waals surface area (Å²) < 4.78 is 5.79. The number of para-hydroxylation sites is 1. The zero-order chi connectivity index (χ0) is 14.4. The summed E-state index contributed by atoms with van der Waals surface area (Å²) >= 11 is 0. The quantitative estimate of drug-likeness (QED) is 0.863. The molecule has 118 valence electrons. The first-order chi connectivity index (χ1) is 10.2. The second kappa shape index (κ2) is 5.94. The van der Waals surface area contributed by atoms with Gasteiger partial charge in [0.15, 0.2) is 0 Å². The topological polar surface area (TPSA) is 45.3 Å². The zero-order valence-corrected chi connectivity index (χ0v) is 13.4. The Morgan fingerprint density at radius 3 is 2.64 bits per heavy atom. The minimum atomic E-state index is -0.193. The van der Waals surface area contributed by atoms with E-state index in [2.05, 4.69) is 16.9 Å². The average Bonchev–Trinajstić information content (AvgIpc) is 2.98. The van der Waals surface area contributed by atoms with Crippen LogP contribution in [0.4, 0.5) is 0 Å². The molecular weight excluding hydrogens is 300 g/mol. The van der Waals surface area contributed by atoms with Crippen molar-refractivity contribution in [2.24, 2.45) is 0 Å². The van der Waals surface area contributed by atoms with Gasteiger partial charge in [-0.3, -0.25) is 0 Å². The molecule has 0 unspecified atom stereocenters. The molecule has 4 rings (SSSR count). The van der Waals surface area contributed by atoms with E-state index in [9.17, 15) is 4.79 Å². The third-order valence-corrected chi connectivity index (χ3v) is 5.14. The fourth-order valence-corrected chi connectivity index (χ4v) is 3.91. The summed E-state index contributed by atoms with van der Waals surface area (Å²) in [5.41, 5.74) is 1.63. The molecule has 5 heteroatoms. The van der Waals surface area contributed by atoms with Gasteiger partial charge in [0, 0.05) is 42.0 Å². The van der Waals surface area contributed by atoms with Gasteiger partial charge < -0.3 is 14.6 Å². The summed E-state index contributed by atoms with van der Waals surface area (Å²) in [7, 11) is 2.19. The predicted octanol–water partition coefficient (Wildman–Crippen LogP) is 3.37. The smallest absolute Gasteiger partial charge is 0.340 e. The minimum Gasteiger partial charge on any atom is -0.459 e. The molecule has 22 heavy (non-hydrogen) atoms.